The van der Waals surface area contributed by atoms with Crippen LogP contribution >= 0.6 is 11.6 Å². The Labute approximate surface area is 121 Å². The molecule has 0 spiro atoms. The van der Waals surface area contributed by atoms with Crippen molar-refractivity contribution in [1.29, 1.82) is 0 Å². The van der Waals surface area contributed by atoms with Gasteiger partial charge in [0.15, 0.2) is 11.5 Å². The van der Waals surface area contributed by atoms with Crippen LogP contribution in [0.15, 0.2) is 36.4 Å². The number of nitrogens with one attached hydrogen (secondary N) is 1. The van der Waals surface area contributed by atoms with Crippen LogP contribution in [0.4, 0.5) is 10.1 Å². The highest BCUT2D eigenvalue weighted by atomic mass is 35.5. The van der Waals surface area contributed by atoms with E-state index in [4.69, 9.17) is 21.1 Å². The lowest BCUT2D eigenvalue weighted by molar-refractivity contribution is 0.174. The molecule has 1 aliphatic rings. The SMILES string of the molecule is CC(Nc1ccc(F)cc1Cl)c1ccc2c(c1)OCO2. The number of halogens is 2. The van der Waals surface area contributed by atoms with Crippen LogP contribution in [0.2, 0.25) is 5.02 Å². The molecule has 1 aliphatic heterocycles. The number of anilines is 1. The fourth-order valence-electron chi connectivity index (χ4n) is 2.11. The van der Waals surface area contributed by atoms with E-state index in [2.05, 4.69) is 5.32 Å². The van der Waals surface area contributed by atoms with Gasteiger partial charge in [-0.3, -0.25) is 0 Å². The van der Waals surface area contributed by atoms with Crippen molar-refractivity contribution in [2.75, 3.05) is 12.1 Å². The molecular weight excluding hydrogens is 281 g/mol. The first kappa shape index (κ1) is 13.1. The minimum atomic E-state index is -0.351. The maximum absolute atomic E-state index is 13.0. The zero-order valence-corrected chi connectivity index (χ0v) is 11.6. The van der Waals surface area contributed by atoms with E-state index >= 15 is 0 Å². The van der Waals surface area contributed by atoms with Crippen molar-refractivity contribution >= 4 is 17.3 Å². The van der Waals surface area contributed by atoms with Gasteiger partial charge in [-0.2, -0.15) is 0 Å². The van der Waals surface area contributed by atoms with E-state index in [1.54, 1.807) is 6.07 Å². The average molecular weight is 294 g/mol. The normalized spacial score (nSPS) is 14.2. The van der Waals surface area contributed by atoms with E-state index in [9.17, 15) is 4.39 Å². The van der Waals surface area contributed by atoms with Gasteiger partial charge in [0.2, 0.25) is 6.79 Å². The lowest BCUT2D eigenvalue weighted by atomic mass is 10.1. The second kappa shape index (κ2) is 5.21. The molecular formula is C15H13ClFNO2. The highest BCUT2D eigenvalue weighted by Gasteiger charge is 2.16. The highest BCUT2D eigenvalue weighted by Crippen LogP contribution is 2.35. The van der Waals surface area contributed by atoms with E-state index < -0.39 is 0 Å². The molecule has 0 amide bonds. The molecule has 1 heterocycles. The van der Waals surface area contributed by atoms with E-state index in [1.165, 1.54) is 12.1 Å². The smallest absolute Gasteiger partial charge is 0.231 e. The maximum atomic E-state index is 13.0. The van der Waals surface area contributed by atoms with E-state index in [1.807, 2.05) is 25.1 Å². The fraction of sp³-hybridized carbons (Fsp3) is 0.200. The Bertz CT molecular complexity index is 648. The van der Waals surface area contributed by atoms with Crippen LogP contribution in [0.5, 0.6) is 11.5 Å². The number of ether oxygens (including phenoxy) is 2. The zero-order valence-electron chi connectivity index (χ0n) is 10.8. The maximum Gasteiger partial charge on any atom is 0.231 e. The predicted octanol–water partition coefficient (Wildman–Crippen LogP) is 4.38. The molecule has 104 valence electrons. The average Bonchev–Trinajstić information content (AvgIpc) is 2.89. The number of benzene rings is 2. The summed E-state index contributed by atoms with van der Waals surface area (Å²) in [6.45, 7) is 2.25. The Morgan fingerprint density at radius 2 is 1.95 bits per heavy atom. The first-order valence-electron chi connectivity index (χ1n) is 6.24. The Morgan fingerprint density at radius 3 is 2.75 bits per heavy atom. The summed E-state index contributed by atoms with van der Waals surface area (Å²) in [6.07, 6.45) is 0. The molecule has 2 aromatic rings. The van der Waals surface area contributed by atoms with Crippen LogP contribution in [-0.2, 0) is 0 Å². The predicted molar refractivity (Wildman–Crippen MR) is 76.0 cm³/mol. The lowest BCUT2D eigenvalue weighted by Crippen LogP contribution is -2.07. The Kier molecular flexibility index (Phi) is 3.40. The molecule has 0 fully saturated rings. The molecule has 0 aliphatic carbocycles. The second-order valence-electron chi connectivity index (χ2n) is 4.60. The minimum Gasteiger partial charge on any atom is -0.454 e. The summed E-state index contributed by atoms with van der Waals surface area (Å²) in [7, 11) is 0. The van der Waals surface area contributed by atoms with Gasteiger partial charge < -0.3 is 14.8 Å². The molecule has 20 heavy (non-hydrogen) atoms. The largest absolute Gasteiger partial charge is 0.454 e. The third-order valence-corrected chi connectivity index (χ3v) is 3.51. The molecule has 2 aromatic carbocycles. The van der Waals surface area contributed by atoms with Crippen molar-refractivity contribution in [3.8, 4) is 11.5 Å². The van der Waals surface area contributed by atoms with Crippen molar-refractivity contribution in [2.24, 2.45) is 0 Å². The lowest BCUT2D eigenvalue weighted by Gasteiger charge is -2.17. The molecule has 5 heteroatoms. The molecule has 0 saturated heterocycles. The number of hydrogen-bond acceptors (Lipinski definition) is 3. The van der Waals surface area contributed by atoms with Gasteiger partial charge in [-0.05, 0) is 42.8 Å². The van der Waals surface area contributed by atoms with Gasteiger partial charge in [0.05, 0.1) is 10.7 Å². The molecule has 0 radical (unpaired) electrons. The van der Waals surface area contributed by atoms with Gasteiger partial charge in [0.25, 0.3) is 0 Å². The van der Waals surface area contributed by atoms with Crippen LogP contribution in [0, 0.1) is 5.82 Å². The summed E-state index contributed by atoms with van der Waals surface area (Å²) in [6, 6.07) is 10.1. The summed E-state index contributed by atoms with van der Waals surface area (Å²) >= 11 is 6.01. The summed E-state index contributed by atoms with van der Waals surface area (Å²) in [5.41, 5.74) is 1.73. The van der Waals surface area contributed by atoms with Crippen molar-refractivity contribution in [1.82, 2.24) is 0 Å². The standard InChI is InChI=1S/C15H13ClFNO2/c1-9(18-13-4-3-11(17)7-12(13)16)10-2-5-14-15(6-10)20-8-19-14/h2-7,9,18H,8H2,1H3. The molecule has 0 bridgehead atoms. The third kappa shape index (κ3) is 2.51. The van der Waals surface area contributed by atoms with E-state index in [0.717, 1.165) is 17.1 Å². The first-order chi connectivity index (χ1) is 9.63. The van der Waals surface area contributed by atoms with Gasteiger partial charge in [-0.25, -0.2) is 4.39 Å². The fourth-order valence-corrected chi connectivity index (χ4v) is 2.33. The van der Waals surface area contributed by atoms with Crippen LogP contribution in [0.1, 0.15) is 18.5 Å². The number of hydrogen-bond donors (Lipinski definition) is 1. The van der Waals surface area contributed by atoms with Crippen molar-refractivity contribution in [3.63, 3.8) is 0 Å². The van der Waals surface area contributed by atoms with E-state index in [-0.39, 0.29) is 18.7 Å². The van der Waals surface area contributed by atoms with Gasteiger partial charge >= 0.3 is 0 Å². The van der Waals surface area contributed by atoms with Crippen molar-refractivity contribution in [3.05, 3.63) is 52.8 Å². The first-order valence-corrected chi connectivity index (χ1v) is 6.62. The Balaban J connectivity index is 1.80. The molecule has 0 aromatic heterocycles. The molecule has 1 N–H and O–H groups in total. The monoisotopic (exact) mass is 293 g/mol. The molecule has 0 saturated carbocycles. The Hall–Kier alpha value is -1.94. The summed E-state index contributed by atoms with van der Waals surface area (Å²) in [5.74, 6) is 1.14. The number of fused-ring (bicyclic) bond motifs is 1. The van der Waals surface area contributed by atoms with Gasteiger partial charge in [0.1, 0.15) is 5.82 Å². The molecule has 3 nitrogen and oxygen atoms in total. The quantitative estimate of drug-likeness (QED) is 0.911. The van der Waals surface area contributed by atoms with Crippen LogP contribution in [0.3, 0.4) is 0 Å². The van der Waals surface area contributed by atoms with Gasteiger partial charge in [-0.15, -0.1) is 0 Å². The van der Waals surface area contributed by atoms with Crippen LogP contribution in [0.25, 0.3) is 0 Å². The van der Waals surface area contributed by atoms with Crippen LogP contribution < -0.4 is 14.8 Å². The summed E-state index contributed by atoms with van der Waals surface area (Å²) in [5, 5.41) is 3.61. The van der Waals surface area contributed by atoms with Gasteiger partial charge in [0, 0.05) is 6.04 Å². The number of rotatable bonds is 3. The zero-order chi connectivity index (χ0) is 14.1. The second-order valence-corrected chi connectivity index (χ2v) is 5.01. The Morgan fingerprint density at radius 1 is 1.15 bits per heavy atom. The van der Waals surface area contributed by atoms with Crippen molar-refractivity contribution < 1.29 is 13.9 Å². The molecule has 1 unspecified atom stereocenters. The van der Waals surface area contributed by atoms with Crippen LogP contribution in [-0.4, -0.2) is 6.79 Å². The summed E-state index contributed by atoms with van der Waals surface area (Å²) < 4.78 is 23.6. The minimum absolute atomic E-state index is 0.00691. The summed E-state index contributed by atoms with van der Waals surface area (Å²) in [4.78, 5) is 0. The molecule has 1 atom stereocenters. The van der Waals surface area contributed by atoms with E-state index in [0.29, 0.717) is 10.7 Å². The third-order valence-electron chi connectivity index (χ3n) is 3.20. The van der Waals surface area contributed by atoms with Gasteiger partial charge in [-0.1, -0.05) is 17.7 Å². The topological polar surface area (TPSA) is 30.5 Å². The van der Waals surface area contributed by atoms with Crippen molar-refractivity contribution in [2.45, 2.75) is 13.0 Å². The molecule has 3 rings (SSSR count). The highest BCUT2D eigenvalue weighted by molar-refractivity contribution is 6.33.